The third-order valence-corrected chi connectivity index (χ3v) is 3.84. The third kappa shape index (κ3) is 3.33. The minimum atomic E-state index is -0.284. The monoisotopic (exact) mass is 248 g/mol. The second-order valence-corrected chi connectivity index (χ2v) is 5.61. The molecule has 0 aromatic heterocycles. The Morgan fingerprint density at radius 2 is 1.94 bits per heavy atom. The van der Waals surface area contributed by atoms with E-state index in [0.717, 1.165) is 32.3 Å². The number of aliphatic hydroxyl groups is 1. The largest absolute Gasteiger partial charge is 0.393 e. The lowest BCUT2D eigenvalue weighted by Crippen LogP contribution is -2.20. The van der Waals surface area contributed by atoms with E-state index in [4.69, 9.17) is 4.74 Å². The number of aryl methyl sites for hydroxylation is 3. The molecule has 18 heavy (non-hydrogen) atoms. The summed E-state index contributed by atoms with van der Waals surface area (Å²) < 4.78 is 5.58. The second kappa shape index (κ2) is 5.85. The number of hydrogen-bond donors (Lipinski definition) is 1. The molecule has 1 aromatic carbocycles. The molecule has 0 bridgehead atoms. The van der Waals surface area contributed by atoms with Crippen molar-refractivity contribution in [3.05, 3.63) is 34.4 Å². The molecular formula is C16H24O2. The normalized spacial score (nSPS) is 21.2. The maximum Gasteiger partial charge on any atom is 0.0605 e. The zero-order chi connectivity index (χ0) is 13.1. The minimum absolute atomic E-state index is 0.270. The fraction of sp³-hybridized carbons (Fsp3) is 0.625. The summed E-state index contributed by atoms with van der Waals surface area (Å²) in [5.41, 5.74) is 5.17. The van der Waals surface area contributed by atoms with Gasteiger partial charge in [0.2, 0.25) is 0 Å². The summed E-state index contributed by atoms with van der Waals surface area (Å²) in [6.45, 7) is 7.24. The van der Waals surface area contributed by atoms with Crippen molar-refractivity contribution in [1.29, 1.82) is 0 Å². The van der Waals surface area contributed by atoms with Gasteiger partial charge in [0, 0.05) is 6.61 Å². The Hall–Kier alpha value is -0.860. The molecule has 1 saturated heterocycles. The highest BCUT2D eigenvalue weighted by molar-refractivity contribution is 5.37. The highest BCUT2D eigenvalue weighted by Gasteiger charge is 2.20. The van der Waals surface area contributed by atoms with Crippen molar-refractivity contribution < 1.29 is 9.84 Å². The van der Waals surface area contributed by atoms with Gasteiger partial charge in [-0.3, -0.25) is 0 Å². The first-order valence-corrected chi connectivity index (χ1v) is 6.92. The molecule has 1 heterocycles. The lowest BCUT2D eigenvalue weighted by Gasteiger charge is -2.18. The molecule has 100 valence electrons. The van der Waals surface area contributed by atoms with Gasteiger partial charge in [0.05, 0.1) is 12.2 Å². The van der Waals surface area contributed by atoms with Gasteiger partial charge in [-0.15, -0.1) is 0 Å². The van der Waals surface area contributed by atoms with Crippen LogP contribution in [0.15, 0.2) is 12.1 Å². The van der Waals surface area contributed by atoms with Gasteiger partial charge in [0.25, 0.3) is 0 Å². The van der Waals surface area contributed by atoms with Crippen LogP contribution in [0.3, 0.4) is 0 Å². The standard InChI is InChI=1S/C16H24O2/c1-11-7-12(2)16(13(3)8-11)10-14(17)9-15-5-4-6-18-15/h7-8,14-15,17H,4-6,9-10H2,1-3H3. The Morgan fingerprint density at radius 3 is 2.50 bits per heavy atom. The van der Waals surface area contributed by atoms with Crippen LogP contribution in [0.4, 0.5) is 0 Å². The zero-order valence-corrected chi connectivity index (χ0v) is 11.7. The van der Waals surface area contributed by atoms with Crippen LogP contribution in [0.1, 0.15) is 41.5 Å². The van der Waals surface area contributed by atoms with E-state index in [0.29, 0.717) is 0 Å². The quantitative estimate of drug-likeness (QED) is 0.887. The Kier molecular flexibility index (Phi) is 4.41. The summed E-state index contributed by atoms with van der Waals surface area (Å²) >= 11 is 0. The summed E-state index contributed by atoms with van der Waals surface area (Å²) in [5.74, 6) is 0. The molecule has 0 amide bonds. The molecule has 2 nitrogen and oxygen atoms in total. The Balaban J connectivity index is 1.99. The van der Waals surface area contributed by atoms with Crippen LogP contribution < -0.4 is 0 Å². The van der Waals surface area contributed by atoms with E-state index in [2.05, 4.69) is 32.9 Å². The summed E-state index contributed by atoms with van der Waals surface area (Å²) in [7, 11) is 0. The van der Waals surface area contributed by atoms with Crippen molar-refractivity contribution in [3.8, 4) is 0 Å². The van der Waals surface area contributed by atoms with E-state index in [-0.39, 0.29) is 12.2 Å². The van der Waals surface area contributed by atoms with Crippen LogP contribution in [-0.2, 0) is 11.2 Å². The SMILES string of the molecule is Cc1cc(C)c(CC(O)CC2CCCO2)c(C)c1. The van der Waals surface area contributed by atoms with Crippen LogP contribution in [0, 0.1) is 20.8 Å². The van der Waals surface area contributed by atoms with Crippen molar-refractivity contribution in [1.82, 2.24) is 0 Å². The molecule has 2 unspecified atom stereocenters. The predicted octanol–water partition coefficient (Wildman–Crippen LogP) is 3.08. The van der Waals surface area contributed by atoms with E-state index in [1.807, 2.05) is 0 Å². The van der Waals surface area contributed by atoms with Gasteiger partial charge < -0.3 is 9.84 Å². The van der Waals surface area contributed by atoms with Crippen molar-refractivity contribution in [2.24, 2.45) is 0 Å². The molecule has 0 spiro atoms. The fourth-order valence-corrected chi connectivity index (χ4v) is 2.98. The van der Waals surface area contributed by atoms with Gasteiger partial charge in [-0.05, 0) is 63.1 Å². The number of hydrogen-bond acceptors (Lipinski definition) is 2. The minimum Gasteiger partial charge on any atom is -0.393 e. The lowest BCUT2D eigenvalue weighted by molar-refractivity contribution is 0.0540. The number of benzene rings is 1. The molecule has 0 aliphatic carbocycles. The topological polar surface area (TPSA) is 29.5 Å². The third-order valence-electron chi connectivity index (χ3n) is 3.84. The summed E-state index contributed by atoms with van der Waals surface area (Å²) in [5, 5.41) is 10.2. The molecular weight excluding hydrogens is 224 g/mol. The van der Waals surface area contributed by atoms with Crippen molar-refractivity contribution >= 4 is 0 Å². The zero-order valence-electron chi connectivity index (χ0n) is 11.7. The number of ether oxygens (including phenoxy) is 1. The molecule has 1 fully saturated rings. The van der Waals surface area contributed by atoms with Gasteiger partial charge in [0.1, 0.15) is 0 Å². The first kappa shape index (κ1) is 13.6. The van der Waals surface area contributed by atoms with E-state index in [9.17, 15) is 5.11 Å². The molecule has 2 rings (SSSR count). The maximum absolute atomic E-state index is 10.2. The Labute approximate surface area is 110 Å². The van der Waals surface area contributed by atoms with Crippen molar-refractivity contribution in [2.45, 2.75) is 58.7 Å². The summed E-state index contributed by atoms with van der Waals surface area (Å²) in [6, 6.07) is 4.39. The van der Waals surface area contributed by atoms with Crippen LogP contribution in [0.5, 0.6) is 0 Å². The Bertz CT molecular complexity index is 383. The van der Waals surface area contributed by atoms with Gasteiger partial charge in [-0.2, -0.15) is 0 Å². The van der Waals surface area contributed by atoms with Crippen LogP contribution in [-0.4, -0.2) is 23.9 Å². The van der Waals surface area contributed by atoms with E-state index in [1.165, 1.54) is 22.3 Å². The molecule has 1 aliphatic heterocycles. The van der Waals surface area contributed by atoms with E-state index < -0.39 is 0 Å². The second-order valence-electron chi connectivity index (χ2n) is 5.61. The smallest absolute Gasteiger partial charge is 0.0605 e. The molecule has 0 radical (unpaired) electrons. The number of rotatable bonds is 4. The fourth-order valence-electron chi connectivity index (χ4n) is 2.98. The highest BCUT2D eigenvalue weighted by Crippen LogP contribution is 2.22. The number of aliphatic hydroxyl groups excluding tert-OH is 1. The van der Waals surface area contributed by atoms with Crippen molar-refractivity contribution in [2.75, 3.05) is 6.61 Å². The average molecular weight is 248 g/mol. The molecule has 1 aromatic rings. The Morgan fingerprint density at radius 1 is 1.28 bits per heavy atom. The average Bonchev–Trinajstić information content (AvgIpc) is 2.76. The van der Waals surface area contributed by atoms with Crippen LogP contribution in [0.25, 0.3) is 0 Å². The van der Waals surface area contributed by atoms with Gasteiger partial charge >= 0.3 is 0 Å². The van der Waals surface area contributed by atoms with Crippen molar-refractivity contribution in [3.63, 3.8) is 0 Å². The van der Waals surface area contributed by atoms with E-state index in [1.54, 1.807) is 0 Å². The van der Waals surface area contributed by atoms with Crippen LogP contribution >= 0.6 is 0 Å². The highest BCUT2D eigenvalue weighted by atomic mass is 16.5. The van der Waals surface area contributed by atoms with E-state index >= 15 is 0 Å². The lowest BCUT2D eigenvalue weighted by atomic mass is 9.93. The predicted molar refractivity (Wildman–Crippen MR) is 74.0 cm³/mol. The van der Waals surface area contributed by atoms with Gasteiger partial charge in [0.15, 0.2) is 0 Å². The molecule has 0 saturated carbocycles. The first-order valence-electron chi connectivity index (χ1n) is 6.92. The molecule has 2 heteroatoms. The molecule has 2 atom stereocenters. The molecule has 1 aliphatic rings. The van der Waals surface area contributed by atoms with Gasteiger partial charge in [-0.25, -0.2) is 0 Å². The summed E-state index contributed by atoms with van der Waals surface area (Å²) in [4.78, 5) is 0. The molecule has 1 N–H and O–H groups in total. The van der Waals surface area contributed by atoms with Crippen LogP contribution in [0.2, 0.25) is 0 Å². The first-order chi connectivity index (χ1) is 8.56. The summed E-state index contributed by atoms with van der Waals surface area (Å²) in [6.07, 6.45) is 3.74. The maximum atomic E-state index is 10.2. The van der Waals surface area contributed by atoms with Gasteiger partial charge in [-0.1, -0.05) is 17.7 Å².